The zero-order valence-corrected chi connectivity index (χ0v) is 14.0. The lowest BCUT2D eigenvalue weighted by Crippen LogP contribution is -2.08. The highest BCUT2D eigenvalue weighted by Gasteiger charge is 2.26. The maximum Gasteiger partial charge on any atom is 0.525 e. The van der Waals surface area contributed by atoms with Crippen LogP contribution in [0.2, 0.25) is 0 Å². The molecule has 2 aromatic carbocycles. The predicted molar refractivity (Wildman–Crippen MR) is 88.3 cm³/mol. The van der Waals surface area contributed by atoms with Crippen molar-refractivity contribution in [3.63, 3.8) is 0 Å². The molecule has 8 heteroatoms. The summed E-state index contributed by atoms with van der Waals surface area (Å²) < 4.78 is 22.1. The maximum atomic E-state index is 12.6. The van der Waals surface area contributed by atoms with Crippen molar-refractivity contribution < 1.29 is 23.3 Å². The predicted octanol–water partition coefficient (Wildman–Crippen LogP) is 3.69. The van der Waals surface area contributed by atoms with Gasteiger partial charge in [-0.1, -0.05) is 40.2 Å². The Balaban J connectivity index is 2.39. The molecular formula is C15H10BrO6P. The summed E-state index contributed by atoms with van der Waals surface area (Å²) in [7, 11) is -4.93. The van der Waals surface area contributed by atoms with Gasteiger partial charge in [-0.05, 0) is 24.3 Å². The minimum Gasteiger partial charge on any atom is -0.452 e. The number of fused-ring (bicyclic) bond motifs is 1. The number of hydrogen-bond donors (Lipinski definition) is 2. The first-order chi connectivity index (χ1) is 10.9. The molecule has 0 fully saturated rings. The lowest BCUT2D eigenvalue weighted by atomic mass is 10.1. The van der Waals surface area contributed by atoms with Crippen molar-refractivity contribution in [3.05, 3.63) is 63.2 Å². The van der Waals surface area contributed by atoms with Crippen molar-refractivity contribution in [3.8, 4) is 17.1 Å². The Labute approximate surface area is 138 Å². The molecule has 0 aliphatic carbocycles. The zero-order chi connectivity index (χ0) is 16.6. The highest BCUT2D eigenvalue weighted by Crippen LogP contribution is 2.42. The maximum absolute atomic E-state index is 12.6. The van der Waals surface area contributed by atoms with E-state index in [4.69, 9.17) is 14.2 Å². The molecule has 0 bridgehead atoms. The van der Waals surface area contributed by atoms with Crippen molar-refractivity contribution in [2.45, 2.75) is 0 Å². The van der Waals surface area contributed by atoms with Crippen LogP contribution < -0.4 is 9.95 Å². The summed E-state index contributed by atoms with van der Waals surface area (Å²) >= 11 is 3.32. The van der Waals surface area contributed by atoms with Gasteiger partial charge in [-0.3, -0.25) is 14.6 Å². The molecule has 0 aliphatic rings. The Hall–Kier alpha value is -1.92. The van der Waals surface area contributed by atoms with Gasteiger partial charge in [0, 0.05) is 10.0 Å². The summed E-state index contributed by atoms with van der Waals surface area (Å²) in [5.41, 5.74) is 0.0843. The van der Waals surface area contributed by atoms with E-state index in [1.54, 1.807) is 42.5 Å². The van der Waals surface area contributed by atoms with Gasteiger partial charge in [0.2, 0.25) is 11.2 Å². The summed E-state index contributed by atoms with van der Waals surface area (Å²) in [6.45, 7) is 0. The highest BCUT2D eigenvalue weighted by atomic mass is 79.9. The summed E-state index contributed by atoms with van der Waals surface area (Å²) in [6.07, 6.45) is 0. The third kappa shape index (κ3) is 3.23. The topological polar surface area (TPSA) is 97.0 Å². The van der Waals surface area contributed by atoms with Crippen LogP contribution in [0, 0.1) is 0 Å². The largest absolute Gasteiger partial charge is 0.525 e. The van der Waals surface area contributed by atoms with Gasteiger partial charge in [0.25, 0.3) is 0 Å². The fourth-order valence-corrected chi connectivity index (χ4v) is 3.02. The van der Waals surface area contributed by atoms with E-state index in [9.17, 15) is 9.36 Å². The van der Waals surface area contributed by atoms with Crippen LogP contribution in [-0.4, -0.2) is 9.79 Å². The Bertz CT molecular complexity index is 991. The van der Waals surface area contributed by atoms with Gasteiger partial charge >= 0.3 is 7.82 Å². The van der Waals surface area contributed by atoms with Crippen LogP contribution in [0.25, 0.3) is 22.3 Å². The summed E-state index contributed by atoms with van der Waals surface area (Å²) in [5, 5.41) is 0.173. The van der Waals surface area contributed by atoms with E-state index in [0.29, 0.717) is 15.6 Å². The minimum atomic E-state index is -4.93. The first-order valence-electron chi connectivity index (χ1n) is 6.43. The Morgan fingerprint density at radius 2 is 1.70 bits per heavy atom. The molecule has 0 saturated carbocycles. The average Bonchev–Trinajstić information content (AvgIpc) is 2.50. The Morgan fingerprint density at radius 1 is 1.04 bits per heavy atom. The quantitative estimate of drug-likeness (QED) is 0.655. The van der Waals surface area contributed by atoms with Gasteiger partial charge in [-0.2, -0.15) is 0 Å². The average molecular weight is 397 g/mol. The van der Waals surface area contributed by atoms with Crippen molar-refractivity contribution in [2.75, 3.05) is 0 Å². The number of halogens is 1. The first kappa shape index (κ1) is 16.0. The third-order valence-corrected chi connectivity index (χ3v) is 4.20. The van der Waals surface area contributed by atoms with Gasteiger partial charge in [0.1, 0.15) is 5.58 Å². The number of para-hydroxylation sites is 1. The van der Waals surface area contributed by atoms with E-state index in [2.05, 4.69) is 20.5 Å². The van der Waals surface area contributed by atoms with Crippen LogP contribution >= 0.6 is 23.8 Å². The van der Waals surface area contributed by atoms with Crippen molar-refractivity contribution >= 4 is 34.7 Å². The second-order valence-electron chi connectivity index (χ2n) is 4.65. The van der Waals surface area contributed by atoms with Crippen LogP contribution in [0.1, 0.15) is 0 Å². The molecule has 0 spiro atoms. The molecule has 2 N–H and O–H groups in total. The minimum absolute atomic E-state index is 0.0514. The van der Waals surface area contributed by atoms with E-state index < -0.39 is 19.0 Å². The van der Waals surface area contributed by atoms with Crippen LogP contribution in [0.4, 0.5) is 0 Å². The lowest BCUT2D eigenvalue weighted by Gasteiger charge is -2.12. The lowest BCUT2D eigenvalue weighted by molar-refractivity contribution is 0.280. The molecule has 0 radical (unpaired) electrons. The van der Waals surface area contributed by atoms with Crippen LogP contribution in [-0.2, 0) is 4.57 Å². The van der Waals surface area contributed by atoms with Gasteiger partial charge < -0.3 is 8.94 Å². The number of phosphoric acid groups is 1. The molecular weight excluding hydrogens is 387 g/mol. The molecule has 0 atom stereocenters. The van der Waals surface area contributed by atoms with E-state index >= 15 is 0 Å². The fourth-order valence-electron chi connectivity index (χ4n) is 2.15. The van der Waals surface area contributed by atoms with E-state index in [1.165, 1.54) is 6.07 Å². The molecule has 3 aromatic rings. The van der Waals surface area contributed by atoms with Crippen molar-refractivity contribution in [1.29, 1.82) is 0 Å². The summed E-state index contributed by atoms with van der Waals surface area (Å²) in [4.78, 5) is 30.8. The van der Waals surface area contributed by atoms with E-state index in [-0.39, 0.29) is 11.1 Å². The fraction of sp³-hybridized carbons (Fsp3) is 0. The van der Waals surface area contributed by atoms with Crippen molar-refractivity contribution in [2.24, 2.45) is 0 Å². The van der Waals surface area contributed by atoms with E-state index in [0.717, 1.165) is 0 Å². The molecule has 0 unspecified atom stereocenters. The molecule has 0 aliphatic heterocycles. The Morgan fingerprint density at radius 3 is 2.39 bits per heavy atom. The first-order valence-corrected chi connectivity index (χ1v) is 8.75. The van der Waals surface area contributed by atoms with Crippen molar-refractivity contribution in [1.82, 2.24) is 0 Å². The molecule has 0 amide bonds. The third-order valence-electron chi connectivity index (χ3n) is 3.08. The number of hydrogen-bond acceptors (Lipinski definition) is 4. The molecule has 6 nitrogen and oxygen atoms in total. The second-order valence-corrected chi connectivity index (χ2v) is 6.67. The molecule has 23 heavy (non-hydrogen) atoms. The summed E-state index contributed by atoms with van der Waals surface area (Å²) in [5.74, 6) is -0.576. The molecule has 1 aromatic heterocycles. The SMILES string of the molecule is O=c1c(OP(=O)(O)O)c(-c2ccccc2Br)oc2ccccc12. The second kappa shape index (κ2) is 5.94. The monoisotopic (exact) mass is 396 g/mol. The smallest absolute Gasteiger partial charge is 0.452 e. The number of phosphoric ester groups is 1. The van der Waals surface area contributed by atoms with Gasteiger partial charge in [0.05, 0.1) is 5.39 Å². The number of benzene rings is 2. The van der Waals surface area contributed by atoms with Gasteiger partial charge in [-0.25, -0.2) is 4.57 Å². The molecule has 0 saturated heterocycles. The molecule has 1 heterocycles. The Kier molecular flexibility index (Phi) is 4.12. The van der Waals surface area contributed by atoms with Crippen LogP contribution in [0.3, 0.4) is 0 Å². The highest BCUT2D eigenvalue weighted by molar-refractivity contribution is 9.10. The van der Waals surface area contributed by atoms with E-state index in [1.807, 2.05) is 0 Å². The standard InChI is InChI=1S/C15H10BrO6P/c16-11-7-3-1-5-9(11)14-15(22-23(18,19)20)13(17)10-6-2-4-8-12(10)21-14/h1-8H,(H2,18,19,20). The normalized spacial score (nSPS) is 11.6. The molecule has 3 rings (SSSR count). The van der Waals surface area contributed by atoms with Crippen LogP contribution in [0.15, 0.2) is 62.2 Å². The van der Waals surface area contributed by atoms with Gasteiger partial charge in [-0.15, -0.1) is 0 Å². The van der Waals surface area contributed by atoms with Crippen LogP contribution in [0.5, 0.6) is 5.75 Å². The number of rotatable bonds is 3. The molecule has 118 valence electrons. The zero-order valence-electron chi connectivity index (χ0n) is 11.5. The summed E-state index contributed by atoms with van der Waals surface area (Å²) in [6, 6.07) is 13.2. The van der Waals surface area contributed by atoms with Gasteiger partial charge in [0.15, 0.2) is 5.76 Å².